The summed E-state index contributed by atoms with van der Waals surface area (Å²) in [5.74, 6) is 1.70. The summed E-state index contributed by atoms with van der Waals surface area (Å²) in [5, 5.41) is 24.4. The second-order valence-electron chi connectivity index (χ2n) is 13.1. The van der Waals surface area contributed by atoms with Crippen LogP contribution in [0.5, 0.6) is 0 Å². The van der Waals surface area contributed by atoms with Gasteiger partial charge in [0.2, 0.25) is 5.95 Å². The van der Waals surface area contributed by atoms with Gasteiger partial charge in [0.05, 0.1) is 45.3 Å². The van der Waals surface area contributed by atoms with E-state index < -0.39 is 0 Å². The van der Waals surface area contributed by atoms with E-state index >= 15 is 0 Å². The van der Waals surface area contributed by atoms with Crippen LogP contribution >= 0.6 is 0 Å². The summed E-state index contributed by atoms with van der Waals surface area (Å²) in [7, 11) is 0. The van der Waals surface area contributed by atoms with Crippen molar-refractivity contribution in [2.24, 2.45) is 0 Å². The van der Waals surface area contributed by atoms with Gasteiger partial charge < -0.3 is 4.57 Å². The maximum atomic E-state index is 10.00. The van der Waals surface area contributed by atoms with Gasteiger partial charge in [0.1, 0.15) is 0 Å². The fourth-order valence-electron chi connectivity index (χ4n) is 7.67. The number of hydrogen-bond donors (Lipinski definition) is 0. The summed E-state index contributed by atoms with van der Waals surface area (Å²) >= 11 is 0. The van der Waals surface area contributed by atoms with Crippen LogP contribution in [0, 0.1) is 22.7 Å². The second kappa shape index (κ2) is 12.4. The fourth-order valence-corrected chi connectivity index (χ4v) is 7.67. The summed E-state index contributed by atoms with van der Waals surface area (Å²) in [6.07, 6.45) is 0. The molecule has 54 heavy (non-hydrogen) atoms. The Labute approximate surface area is 309 Å². The highest BCUT2D eigenvalue weighted by Crippen LogP contribution is 2.40. The molecule has 7 heteroatoms. The van der Waals surface area contributed by atoms with E-state index in [1.807, 2.05) is 78.9 Å². The molecule has 10 rings (SSSR count). The average Bonchev–Trinajstić information content (AvgIpc) is 3.75. The summed E-state index contributed by atoms with van der Waals surface area (Å²) in [6.45, 7) is 0. The van der Waals surface area contributed by atoms with Crippen molar-refractivity contribution in [2.45, 2.75) is 0 Å². The number of benzene rings is 7. The number of aromatic nitrogens is 5. The van der Waals surface area contributed by atoms with E-state index in [0.717, 1.165) is 66.0 Å². The first-order chi connectivity index (χ1) is 26.7. The van der Waals surface area contributed by atoms with Crippen molar-refractivity contribution >= 4 is 43.6 Å². The lowest BCUT2D eigenvalue weighted by Gasteiger charge is -2.13. The Hall–Kier alpha value is -7.87. The number of fused-ring (bicyclic) bond motifs is 6. The zero-order valence-corrected chi connectivity index (χ0v) is 28.7. The highest BCUT2D eigenvalue weighted by atomic mass is 15.2. The quantitative estimate of drug-likeness (QED) is 0.179. The molecule has 0 amide bonds. The third-order valence-corrected chi connectivity index (χ3v) is 10.1. The van der Waals surface area contributed by atoms with Gasteiger partial charge in [0.25, 0.3) is 0 Å². The van der Waals surface area contributed by atoms with Gasteiger partial charge >= 0.3 is 0 Å². The largest absolute Gasteiger partial charge is 0.309 e. The highest BCUT2D eigenvalue weighted by molar-refractivity contribution is 6.19. The van der Waals surface area contributed by atoms with E-state index in [-0.39, 0.29) is 0 Å². The zero-order chi connectivity index (χ0) is 36.2. The molecule has 7 aromatic carbocycles. The van der Waals surface area contributed by atoms with Crippen LogP contribution in [0.4, 0.5) is 0 Å². The molecule has 0 aliphatic rings. The maximum absolute atomic E-state index is 10.00. The molecule has 250 valence electrons. The predicted molar refractivity (Wildman–Crippen MR) is 214 cm³/mol. The molecule has 0 saturated carbocycles. The number of para-hydroxylation sites is 2. The molecule has 3 aromatic heterocycles. The minimum atomic E-state index is 0.460. The smallest absolute Gasteiger partial charge is 0.238 e. The van der Waals surface area contributed by atoms with Gasteiger partial charge in [-0.1, -0.05) is 115 Å². The Morgan fingerprint density at radius 1 is 0.389 bits per heavy atom. The summed E-state index contributed by atoms with van der Waals surface area (Å²) < 4.78 is 4.40. The highest BCUT2D eigenvalue weighted by Gasteiger charge is 2.21. The van der Waals surface area contributed by atoms with Gasteiger partial charge in [-0.3, -0.25) is 4.57 Å². The van der Waals surface area contributed by atoms with Crippen LogP contribution in [0.15, 0.2) is 164 Å². The number of hydrogen-bond acceptors (Lipinski definition) is 5. The van der Waals surface area contributed by atoms with E-state index in [2.05, 4.69) is 88.0 Å². The molecule has 0 unspecified atom stereocenters. The fraction of sp³-hybridized carbons (Fsp3) is 0. The van der Waals surface area contributed by atoms with Crippen molar-refractivity contribution in [1.29, 1.82) is 10.5 Å². The van der Waals surface area contributed by atoms with Crippen LogP contribution < -0.4 is 0 Å². The molecule has 0 atom stereocenters. The third-order valence-electron chi connectivity index (χ3n) is 10.1. The van der Waals surface area contributed by atoms with Crippen molar-refractivity contribution in [3.05, 3.63) is 175 Å². The van der Waals surface area contributed by atoms with Gasteiger partial charge in [-0.05, 0) is 54.1 Å². The molecule has 0 spiro atoms. The minimum absolute atomic E-state index is 0.460. The summed E-state index contributed by atoms with van der Waals surface area (Å²) in [4.78, 5) is 15.2. The molecule has 7 nitrogen and oxygen atoms in total. The van der Waals surface area contributed by atoms with Crippen LogP contribution in [-0.2, 0) is 0 Å². The average molecular weight is 690 g/mol. The van der Waals surface area contributed by atoms with Crippen molar-refractivity contribution in [3.63, 3.8) is 0 Å². The molecule has 0 radical (unpaired) electrons. The number of rotatable bonds is 5. The van der Waals surface area contributed by atoms with Crippen LogP contribution in [0.3, 0.4) is 0 Å². The van der Waals surface area contributed by atoms with Crippen LogP contribution in [0.25, 0.3) is 89.2 Å². The van der Waals surface area contributed by atoms with Crippen LogP contribution in [0.1, 0.15) is 11.1 Å². The molecule has 0 N–H and O–H groups in total. The van der Waals surface area contributed by atoms with Crippen LogP contribution in [0.2, 0.25) is 0 Å². The molecule has 10 aromatic rings. The van der Waals surface area contributed by atoms with E-state index in [4.69, 9.17) is 15.0 Å². The van der Waals surface area contributed by atoms with E-state index in [0.29, 0.717) is 34.3 Å². The molecular weight excluding hydrogens is 663 g/mol. The Morgan fingerprint density at radius 2 is 0.889 bits per heavy atom. The Balaban J connectivity index is 1.28. The molecule has 0 bridgehead atoms. The van der Waals surface area contributed by atoms with Gasteiger partial charge in [-0.25, -0.2) is 4.98 Å². The van der Waals surface area contributed by atoms with Gasteiger partial charge in [0, 0.05) is 43.9 Å². The van der Waals surface area contributed by atoms with Gasteiger partial charge in [-0.15, -0.1) is 0 Å². The maximum Gasteiger partial charge on any atom is 0.238 e. The molecule has 0 aliphatic carbocycles. The molecule has 3 heterocycles. The van der Waals surface area contributed by atoms with Crippen molar-refractivity contribution in [2.75, 3.05) is 0 Å². The lowest BCUT2D eigenvalue weighted by Crippen LogP contribution is -2.06. The Kier molecular flexibility index (Phi) is 7.11. The molecular formula is C47H27N7. The summed E-state index contributed by atoms with van der Waals surface area (Å²) in [5.41, 5.74) is 9.05. The van der Waals surface area contributed by atoms with E-state index in [1.165, 1.54) is 0 Å². The van der Waals surface area contributed by atoms with Crippen molar-refractivity contribution in [1.82, 2.24) is 24.1 Å². The SMILES string of the molecule is N#Cc1cccc(C#N)c1-c1cccc(-n2c3ccccc3c3cc4c5ccccc5n(-c5nc(-c6ccccc6)nc(-c6ccccc6)n5)c4cc32)c1. The summed E-state index contributed by atoms with van der Waals surface area (Å²) in [6, 6.07) is 59.2. The number of nitrogens with zero attached hydrogens (tertiary/aromatic N) is 7. The van der Waals surface area contributed by atoms with Crippen LogP contribution in [-0.4, -0.2) is 24.1 Å². The lowest BCUT2D eigenvalue weighted by atomic mass is 9.95. The topological polar surface area (TPSA) is 96.1 Å². The second-order valence-corrected chi connectivity index (χ2v) is 13.1. The molecule has 0 saturated heterocycles. The van der Waals surface area contributed by atoms with Gasteiger partial charge in [-0.2, -0.15) is 20.5 Å². The Morgan fingerprint density at radius 3 is 1.48 bits per heavy atom. The van der Waals surface area contributed by atoms with E-state index in [9.17, 15) is 10.5 Å². The van der Waals surface area contributed by atoms with Gasteiger partial charge in [0.15, 0.2) is 11.6 Å². The zero-order valence-electron chi connectivity index (χ0n) is 28.7. The number of nitriles is 2. The minimum Gasteiger partial charge on any atom is -0.309 e. The van der Waals surface area contributed by atoms with Crippen molar-refractivity contribution in [3.8, 4) is 57.7 Å². The first-order valence-electron chi connectivity index (χ1n) is 17.6. The molecule has 0 aliphatic heterocycles. The first kappa shape index (κ1) is 30.9. The Bertz CT molecular complexity index is 3090. The third kappa shape index (κ3) is 4.85. The lowest BCUT2D eigenvalue weighted by molar-refractivity contribution is 0.953. The first-order valence-corrected chi connectivity index (χ1v) is 17.6. The monoisotopic (exact) mass is 689 g/mol. The van der Waals surface area contributed by atoms with E-state index in [1.54, 1.807) is 18.2 Å². The standard InChI is InChI=1S/C47H27N7/c48-28-33-18-11-19-34(29-49)44(33)32-17-12-20-35(25-32)53-40-23-9-7-21-36(40)38-26-39-37-22-8-10-24-41(37)54(43(39)27-42(38)53)47-51-45(30-13-3-1-4-14-30)50-46(52-47)31-15-5-2-6-16-31/h1-27H. The van der Waals surface area contributed by atoms with Crippen molar-refractivity contribution < 1.29 is 0 Å². The predicted octanol–water partition coefficient (Wildman–Crippen LogP) is 10.8. The molecule has 0 fully saturated rings. The normalized spacial score (nSPS) is 11.3.